The van der Waals surface area contributed by atoms with E-state index in [1.54, 1.807) is 32.0 Å². The van der Waals surface area contributed by atoms with Gasteiger partial charge in [-0.15, -0.1) is 0 Å². The lowest BCUT2D eigenvalue weighted by Gasteiger charge is -2.24. The molecule has 4 rings (SSSR count). The minimum absolute atomic E-state index is 0.0622. The van der Waals surface area contributed by atoms with Crippen molar-refractivity contribution < 1.29 is 22.1 Å². The van der Waals surface area contributed by atoms with Crippen LogP contribution in [0, 0.1) is 19.7 Å². The first kappa shape index (κ1) is 26.9. The average molecular weight is 534 g/mol. The SMILES string of the molecule is Cc1ccc(Nc2c(NS(=O)C3(CC(F)(F)COCc4ccccc4)CC3)cc(C)c(=O)n2C)c(F)c1. The van der Waals surface area contributed by atoms with Crippen molar-refractivity contribution in [2.24, 2.45) is 7.05 Å². The highest BCUT2D eigenvalue weighted by Gasteiger charge is 2.55. The maximum atomic E-state index is 14.8. The molecule has 1 fully saturated rings. The zero-order valence-electron chi connectivity index (χ0n) is 20.9. The molecule has 3 aromatic rings. The summed E-state index contributed by atoms with van der Waals surface area (Å²) in [4.78, 5) is 12.6. The van der Waals surface area contributed by atoms with Crippen molar-refractivity contribution in [2.75, 3.05) is 16.6 Å². The highest BCUT2D eigenvalue weighted by atomic mass is 32.2. The van der Waals surface area contributed by atoms with E-state index in [-0.39, 0.29) is 29.4 Å². The Labute approximate surface area is 216 Å². The molecule has 0 radical (unpaired) electrons. The molecule has 1 saturated carbocycles. The van der Waals surface area contributed by atoms with Gasteiger partial charge in [-0.25, -0.2) is 17.4 Å². The van der Waals surface area contributed by atoms with E-state index in [4.69, 9.17) is 4.74 Å². The van der Waals surface area contributed by atoms with Crippen LogP contribution in [0.5, 0.6) is 0 Å². The van der Waals surface area contributed by atoms with E-state index in [1.165, 1.54) is 29.8 Å². The molecule has 2 aromatic carbocycles. The summed E-state index contributed by atoms with van der Waals surface area (Å²) in [5.74, 6) is -3.51. The van der Waals surface area contributed by atoms with Crippen LogP contribution in [0.25, 0.3) is 0 Å². The Balaban J connectivity index is 1.49. The second kappa shape index (κ2) is 10.7. The van der Waals surface area contributed by atoms with Crippen molar-refractivity contribution in [1.29, 1.82) is 0 Å². The molecule has 1 atom stereocenters. The van der Waals surface area contributed by atoms with Gasteiger partial charge in [-0.05, 0) is 56.0 Å². The van der Waals surface area contributed by atoms with E-state index in [9.17, 15) is 22.2 Å². The fraction of sp³-hybridized carbons (Fsp3) is 0.370. The first-order chi connectivity index (χ1) is 17.5. The molecule has 1 unspecified atom stereocenters. The number of halogens is 3. The van der Waals surface area contributed by atoms with Gasteiger partial charge < -0.3 is 14.8 Å². The van der Waals surface area contributed by atoms with E-state index in [0.717, 1.165) is 11.1 Å². The molecule has 1 aliphatic carbocycles. The summed E-state index contributed by atoms with van der Waals surface area (Å²) in [7, 11) is -0.390. The molecular formula is C27H30F3N3O3S. The summed E-state index contributed by atoms with van der Waals surface area (Å²) in [5, 5.41) is 2.90. The van der Waals surface area contributed by atoms with Crippen LogP contribution in [0.1, 0.15) is 36.0 Å². The van der Waals surface area contributed by atoms with E-state index in [0.29, 0.717) is 18.4 Å². The number of anilines is 3. The average Bonchev–Trinajstić information content (AvgIpc) is 3.62. The third-order valence-electron chi connectivity index (χ3n) is 6.38. The highest BCUT2D eigenvalue weighted by molar-refractivity contribution is 7.88. The summed E-state index contributed by atoms with van der Waals surface area (Å²) in [6.45, 7) is 2.63. The Kier molecular flexibility index (Phi) is 7.80. The minimum Gasteiger partial charge on any atom is -0.371 e. The first-order valence-corrected chi connectivity index (χ1v) is 13.1. The number of nitrogens with one attached hydrogen (secondary N) is 2. The molecule has 0 amide bonds. The van der Waals surface area contributed by atoms with Crippen molar-refractivity contribution >= 4 is 28.2 Å². The predicted molar refractivity (Wildman–Crippen MR) is 140 cm³/mol. The van der Waals surface area contributed by atoms with Crippen molar-refractivity contribution in [1.82, 2.24) is 4.57 Å². The van der Waals surface area contributed by atoms with Crippen LogP contribution < -0.4 is 15.6 Å². The van der Waals surface area contributed by atoms with Gasteiger partial charge in [0.25, 0.3) is 11.5 Å². The van der Waals surface area contributed by atoms with Crippen LogP contribution in [0.3, 0.4) is 0 Å². The normalized spacial score (nSPS) is 15.3. The number of pyridine rings is 1. The zero-order chi connectivity index (χ0) is 26.8. The van der Waals surface area contributed by atoms with Gasteiger partial charge >= 0.3 is 0 Å². The summed E-state index contributed by atoms with van der Waals surface area (Å²) >= 11 is 0. The summed E-state index contributed by atoms with van der Waals surface area (Å²) in [6, 6.07) is 15.1. The number of nitrogens with zero attached hydrogens (tertiary/aromatic N) is 1. The number of benzene rings is 2. The fourth-order valence-corrected chi connectivity index (χ4v) is 5.55. The number of hydrogen-bond donors (Lipinski definition) is 2. The smallest absolute Gasteiger partial charge is 0.272 e. The van der Waals surface area contributed by atoms with E-state index in [2.05, 4.69) is 10.0 Å². The van der Waals surface area contributed by atoms with E-state index >= 15 is 0 Å². The summed E-state index contributed by atoms with van der Waals surface area (Å²) in [5.41, 5.74) is 1.94. The quantitative estimate of drug-likeness (QED) is 0.330. The molecular weight excluding hydrogens is 503 g/mol. The van der Waals surface area contributed by atoms with Crippen LogP contribution in [0.4, 0.5) is 30.4 Å². The molecule has 6 nitrogen and oxygen atoms in total. The number of rotatable bonds is 11. The molecule has 1 aliphatic rings. The number of aryl methyl sites for hydroxylation is 2. The maximum absolute atomic E-state index is 14.8. The molecule has 1 heterocycles. The van der Waals surface area contributed by atoms with Crippen LogP contribution in [-0.2, 0) is 29.4 Å². The van der Waals surface area contributed by atoms with Gasteiger partial charge in [0.1, 0.15) is 29.2 Å². The summed E-state index contributed by atoms with van der Waals surface area (Å²) < 4.78 is 65.7. The molecule has 1 aromatic heterocycles. The van der Waals surface area contributed by atoms with Gasteiger partial charge in [0.2, 0.25) is 0 Å². The minimum atomic E-state index is -3.17. The molecule has 10 heteroatoms. The van der Waals surface area contributed by atoms with Gasteiger partial charge in [-0.2, -0.15) is 0 Å². The van der Waals surface area contributed by atoms with Crippen molar-refractivity contribution in [3.63, 3.8) is 0 Å². The zero-order valence-corrected chi connectivity index (χ0v) is 21.8. The first-order valence-electron chi connectivity index (χ1n) is 11.9. The second-order valence-corrected chi connectivity index (χ2v) is 11.2. The van der Waals surface area contributed by atoms with E-state index < -0.39 is 40.5 Å². The van der Waals surface area contributed by atoms with Crippen LogP contribution in [0.2, 0.25) is 0 Å². The number of ether oxygens (including phenoxy) is 1. The van der Waals surface area contributed by atoms with Crippen LogP contribution >= 0.6 is 0 Å². The number of alkyl halides is 2. The molecule has 0 aliphatic heterocycles. The Morgan fingerprint density at radius 3 is 2.43 bits per heavy atom. The standard InChI is InChI=1S/C27H30F3N3O3S/c1-18-9-10-22(21(28)13-18)31-24-23(14-19(2)25(34)33(24)3)32-37(35)26(11-12-26)16-27(29,30)17-36-15-20-7-5-4-6-8-20/h4-10,13-14,31-32H,11-12,15-17H2,1-3H3. The summed E-state index contributed by atoms with van der Waals surface area (Å²) in [6.07, 6.45) is 0.121. The lowest BCUT2D eigenvalue weighted by molar-refractivity contribution is -0.0879. The van der Waals surface area contributed by atoms with Crippen LogP contribution in [0.15, 0.2) is 59.4 Å². The van der Waals surface area contributed by atoms with Gasteiger partial charge in [0.15, 0.2) is 0 Å². The third-order valence-corrected chi connectivity index (χ3v) is 8.12. The van der Waals surface area contributed by atoms with Gasteiger partial charge in [-0.1, -0.05) is 36.4 Å². The molecule has 0 bridgehead atoms. The lowest BCUT2D eigenvalue weighted by Crippen LogP contribution is -2.35. The largest absolute Gasteiger partial charge is 0.371 e. The van der Waals surface area contributed by atoms with Gasteiger partial charge in [0.05, 0.1) is 22.7 Å². The highest BCUT2D eigenvalue weighted by Crippen LogP contribution is 2.49. The fourth-order valence-electron chi connectivity index (χ4n) is 4.16. The third kappa shape index (κ3) is 6.42. The molecule has 198 valence electrons. The number of hydrogen-bond acceptors (Lipinski definition) is 4. The van der Waals surface area contributed by atoms with Crippen LogP contribution in [-0.4, -0.2) is 26.1 Å². The molecule has 0 spiro atoms. The Morgan fingerprint density at radius 1 is 1.08 bits per heavy atom. The Hall–Kier alpha value is -3.11. The van der Waals surface area contributed by atoms with Crippen molar-refractivity contribution in [3.8, 4) is 0 Å². The molecule has 37 heavy (non-hydrogen) atoms. The van der Waals surface area contributed by atoms with Gasteiger partial charge in [-0.3, -0.25) is 9.36 Å². The van der Waals surface area contributed by atoms with Crippen molar-refractivity contribution in [3.05, 3.63) is 87.5 Å². The van der Waals surface area contributed by atoms with Crippen molar-refractivity contribution in [2.45, 2.75) is 50.4 Å². The molecule has 0 saturated heterocycles. The Morgan fingerprint density at radius 2 is 1.78 bits per heavy atom. The van der Waals surface area contributed by atoms with E-state index in [1.807, 2.05) is 18.2 Å². The lowest BCUT2D eigenvalue weighted by atomic mass is 10.1. The second-order valence-electron chi connectivity index (χ2n) is 9.63. The van der Waals surface area contributed by atoms with Gasteiger partial charge in [0, 0.05) is 19.0 Å². The monoisotopic (exact) mass is 533 g/mol. The maximum Gasteiger partial charge on any atom is 0.272 e. The predicted octanol–water partition coefficient (Wildman–Crippen LogP) is 5.74. The topological polar surface area (TPSA) is 72.4 Å². The Bertz CT molecular complexity index is 1360. The number of aromatic nitrogens is 1. The molecule has 2 N–H and O–H groups in total.